The second-order valence-corrected chi connectivity index (χ2v) is 7.82. The number of methoxy groups -OCH3 is 1. The molecule has 3 aromatic carbocycles. The van der Waals surface area contributed by atoms with E-state index in [-0.39, 0.29) is 0 Å². The lowest BCUT2D eigenvalue weighted by Crippen LogP contribution is -2.00. The molecule has 0 aliphatic heterocycles. The molecular weight excluding hydrogens is 493 g/mol. The predicted octanol–water partition coefficient (Wildman–Crippen LogP) is 7.20. The van der Waals surface area contributed by atoms with Gasteiger partial charge >= 0.3 is 0 Å². The average Bonchev–Trinajstić information content (AvgIpc) is 2.67. The monoisotopic (exact) mass is 507 g/mol. The highest BCUT2D eigenvalue weighted by Gasteiger charge is 2.10. The number of halogens is 3. The molecule has 0 fully saturated rings. The van der Waals surface area contributed by atoms with Crippen LogP contribution in [0, 0.1) is 0 Å². The van der Waals surface area contributed by atoms with Crippen LogP contribution in [0.5, 0.6) is 11.5 Å². The van der Waals surface area contributed by atoms with Crippen LogP contribution in [0.15, 0.2) is 74.6 Å². The average molecular weight is 510 g/mol. The zero-order valence-corrected chi connectivity index (χ0v) is 18.4. The molecule has 0 spiro atoms. The maximum Gasteiger partial charge on any atom is 0.142 e. The third kappa shape index (κ3) is 5.34. The van der Waals surface area contributed by atoms with Gasteiger partial charge in [-0.15, -0.1) is 0 Å². The molecular formula is C21H16Br2ClNO2. The first kappa shape index (κ1) is 19.9. The molecule has 0 aromatic heterocycles. The quantitative estimate of drug-likeness (QED) is 0.329. The Labute approximate surface area is 180 Å². The van der Waals surface area contributed by atoms with Gasteiger partial charge in [-0.1, -0.05) is 45.7 Å². The van der Waals surface area contributed by atoms with Crippen molar-refractivity contribution in [2.24, 2.45) is 4.99 Å². The van der Waals surface area contributed by atoms with E-state index in [1.54, 1.807) is 13.3 Å². The van der Waals surface area contributed by atoms with E-state index < -0.39 is 0 Å². The Bertz CT molecular complexity index is 959. The summed E-state index contributed by atoms with van der Waals surface area (Å²) < 4.78 is 13.0. The van der Waals surface area contributed by atoms with E-state index in [0.29, 0.717) is 17.4 Å². The molecule has 0 amide bonds. The Morgan fingerprint density at radius 1 is 1.04 bits per heavy atom. The fraction of sp³-hybridized carbons (Fsp3) is 0.0952. The van der Waals surface area contributed by atoms with E-state index in [0.717, 1.165) is 31.5 Å². The van der Waals surface area contributed by atoms with Gasteiger partial charge in [0.05, 0.1) is 17.3 Å². The minimum Gasteiger partial charge on any atom is -0.497 e. The SMILES string of the molecule is COc1ccc(N=Cc2cc(Br)cc(Br)c2OCc2ccccc2Cl)cc1. The first-order chi connectivity index (χ1) is 13.1. The number of benzene rings is 3. The summed E-state index contributed by atoms with van der Waals surface area (Å²) in [7, 11) is 1.64. The van der Waals surface area contributed by atoms with Crippen LogP contribution >= 0.6 is 43.5 Å². The molecule has 3 aromatic rings. The molecule has 3 rings (SSSR count). The first-order valence-electron chi connectivity index (χ1n) is 8.10. The summed E-state index contributed by atoms with van der Waals surface area (Å²) in [5.41, 5.74) is 2.59. The van der Waals surface area contributed by atoms with E-state index in [1.165, 1.54) is 0 Å². The predicted molar refractivity (Wildman–Crippen MR) is 118 cm³/mol. The van der Waals surface area contributed by atoms with Crippen LogP contribution in [0.1, 0.15) is 11.1 Å². The second-order valence-electron chi connectivity index (χ2n) is 5.64. The zero-order valence-electron chi connectivity index (χ0n) is 14.5. The van der Waals surface area contributed by atoms with E-state index in [4.69, 9.17) is 21.1 Å². The summed E-state index contributed by atoms with van der Waals surface area (Å²) in [6, 6.07) is 19.1. The minimum atomic E-state index is 0.364. The summed E-state index contributed by atoms with van der Waals surface area (Å²) in [4.78, 5) is 4.54. The van der Waals surface area contributed by atoms with E-state index >= 15 is 0 Å². The molecule has 0 heterocycles. The second kappa shape index (κ2) is 9.40. The zero-order chi connectivity index (χ0) is 19.2. The minimum absolute atomic E-state index is 0.364. The summed E-state index contributed by atoms with van der Waals surface area (Å²) in [5.74, 6) is 1.50. The Hall–Kier alpha value is -1.82. The van der Waals surface area contributed by atoms with E-state index in [1.807, 2.05) is 60.7 Å². The van der Waals surface area contributed by atoms with Crippen molar-refractivity contribution in [1.29, 1.82) is 0 Å². The molecule has 0 saturated heterocycles. The van der Waals surface area contributed by atoms with Crippen molar-refractivity contribution < 1.29 is 9.47 Å². The number of ether oxygens (including phenoxy) is 2. The highest BCUT2D eigenvalue weighted by Crippen LogP contribution is 2.33. The van der Waals surface area contributed by atoms with Crippen molar-refractivity contribution in [1.82, 2.24) is 0 Å². The number of rotatable bonds is 6. The van der Waals surface area contributed by atoms with Crippen LogP contribution in [0.4, 0.5) is 5.69 Å². The number of hydrogen-bond acceptors (Lipinski definition) is 3. The molecule has 0 radical (unpaired) electrons. The Morgan fingerprint density at radius 3 is 2.48 bits per heavy atom. The maximum atomic E-state index is 6.23. The Morgan fingerprint density at radius 2 is 1.78 bits per heavy atom. The van der Waals surface area contributed by atoms with Gasteiger partial charge in [-0.3, -0.25) is 4.99 Å². The summed E-state index contributed by atoms with van der Waals surface area (Å²) >= 11 is 13.3. The van der Waals surface area contributed by atoms with E-state index in [9.17, 15) is 0 Å². The van der Waals surface area contributed by atoms with Gasteiger partial charge < -0.3 is 9.47 Å². The van der Waals surface area contributed by atoms with Crippen LogP contribution in [0.2, 0.25) is 5.02 Å². The van der Waals surface area contributed by atoms with Crippen LogP contribution in [0.25, 0.3) is 0 Å². The number of nitrogens with zero attached hydrogens (tertiary/aromatic N) is 1. The first-order valence-corrected chi connectivity index (χ1v) is 10.1. The lowest BCUT2D eigenvalue weighted by molar-refractivity contribution is 0.304. The largest absolute Gasteiger partial charge is 0.497 e. The van der Waals surface area contributed by atoms with Crippen molar-refractivity contribution in [2.45, 2.75) is 6.61 Å². The third-order valence-electron chi connectivity index (χ3n) is 3.79. The van der Waals surface area contributed by atoms with Crippen molar-refractivity contribution in [3.63, 3.8) is 0 Å². The summed E-state index contributed by atoms with van der Waals surface area (Å²) in [6.45, 7) is 0.364. The fourth-order valence-corrected chi connectivity index (χ4v) is 3.97. The van der Waals surface area contributed by atoms with Gasteiger partial charge in [0.2, 0.25) is 0 Å². The lowest BCUT2D eigenvalue weighted by atomic mass is 10.2. The van der Waals surface area contributed by atoms with Gasteiger partial charge in [-0.25, -0.2) is 0 Å². The number of hydrogen-bond donors (Lipinski definition) is 0. The van der Waals surface area contributed by atoms with Gasteiger partial charge in [0.15, 0.2) is 0 Å². The fourth-order valence-electron chi connectivity index (χ4n) is 2.41. The normalized spacial score (nSPS) is 11.0. The molecule has 0 N–H and O–H groups in total. The maximum absolute atomic E-state index is 6.23. The standard InChI is InChI=1S/C21H16Br2ClNO2/c1-26-18-8-6-17(7-9-18)25-12-15-10-16(22)11-19(23)21(15)27-13-14-4-2-3-5-20(14)24/h2-12H,13H2,1H3. The van der Waals surface area contributed by atoms with Crippen LogP contribution in [-0.2, 0) is 6.61 Å². The summed E-state index contributed by atoms with van der Waals surface area (Å²) in [6.07, 6.45) is 1.78. The van der Waals surface area contributed by atoms with Crippen LogP contribution in [0.3, 0.4) is 0 Å². The Kier molecular flexibility index (Phi) is 6.94. The van der Waals surface area contributed by atoms with Crippen LogP contribution in [-0.4, -0.2) is 13.3 Å². The highest BCUT2D eigenvalue weighted by molar-refractivity contribution is 9.11. The van der Waals surface area contributed by atoms with Crippen LogP contribution < -0.4 is 9.47 Å². The molecule has 138 valence electrons. The van der Waals surface area contributed by atoms with Crippen molar-refractivity contribution in [3.8, 4) is 11.5 Å². The molecule has 0 aliphatic carbocycles. The van der Waals surface area contributed by atoms with Gasteiger partial charge in [0.25, 0.3) is 0 Å². The molecule has 0 bridgehead atoms. The molecule has 0 aliphatic rings. The van der Waals surface area contributed by atoms with Crippen molar-refractivity contribution in [3.05, 3.63) is 85.8 Å². The molecule has 0 saturated carbocycles. The molecule has 0 unspecified atom stereocenters. The van der Waals surface area contributed by atoms with Crippen molar-refractivity contribution in [2.75, 3.05) is 7.11 Å². The lowest BCUT2D eigenvalue weighted by Gasteiger charge is -2.13. The highest BCUT2D eigenvalue weighted by atomic mass is 79.9. The summed E-state index contributed by atoms with van der Waals surface area (Å²) in [5, 5.41) is 0.680. The molecule has 0 atom stereocenters. The van der Waals surface area contributed by atoms with Gasteiger partial charge in [0.1, 0.15) is 18.1 Å². The van der Waals surface area contributed by atoms with E-state index in [2.05, 4.69) is 36.9 Å². The number of aliphatic imine (C=N–C) groups is 1. The molecule has 3 nitrogen and oxygen atoms in total. The van der Waals surface area contributed by atoms with Gasteiger partial charge in [-0.2, -0.15) is 0 Å². The van der Waals surface area contributed by atoms with Crippen molar-refractivity contribution >= 4 is 55.4 Å². The van der Waals surface area contributed by atoms with Gasteiger partial charge in [-0.05, 0) is 58.4 Å². The molecule has 27 heavy (non-hydrogen) atoms. The smallest absolute Gasteiger partial charge is 0.142 e. The topological polar surface area (TPSA) is 30.8 Å². The Balaban J connectivity index is 1.85. The van der Waals surface area contributed by atoms with Gasteiger partial charge in [0, 0.05) is 26.8 Å². The third-order valence-corrected chi connectivity index (χ3v) is 5.21. The molecule has 6 heteroatoms.